The van der Waals surface area contributed by atoms with Crippen molar-refractivity contribution in [2.45, 2.75) is 19.3 Å². The second-order valence-corrected chi connectivity index (χ2v) is 13.2. The second-order valence-electron chi connectivity index (χ2n) is 13.2. The Balaban J connectivity index is 1.05. The molecule has 48 heavy (non-hydrogen) atoms. The van der Waals surface area contributed by atoms with Crippen molar-refractivity contribution in [1.82, 2.24) is 4.98 Å². The van der Waals surface area contributed by atoms with Gasteiger partial charge in [0.25, 0.3) is 0 Å². The summed E-state index contributed by atoms with van der Waals surface area (Å²) < 4.78 is 6.03. The molecule has 1 atom stereocenters. The van der Waals surface area contributed by atoms with Crippen LogP contribution in [-0.2, 0) is 6.42 Å². The van der Waals surface area contributed by atoms with Crippen LogP contribution in [0.2, 0.25) is 0 Å². The van der Waals surface area contributed by atoms with Gasteiger partial charge in [0, 0.05) is 28.1 Å². The molecular formula is C45H28N2O. The van der Waals surface area contributed by atoms with Gasteiger partial charge in [-0.3, -0.25) is 4.98 Å². The highest BCUT2D eigenvalue weighted by Crippen LogP contribution is 2.45. The Morgan fingerprint density at radius 2 is 1.40 bits per heavy atom. The van der Waals surface area contributed by atoms with Crippen molar-refractivity contribution in [2.75, 3.05) is 0 Å². The van der Waals surface area contributed by atoms with Crippen molar-refractivity contribution in [2.24, 2.45) is 0 Å². The minimum atomic E-state index is 0.407. The zero-order valence-electron chi connectivity index (χ0n) is 26.3. The van der Waals surface area contributed by atoms with Crippen molar-refractivity contribution in [1.29, 1.82) is 5.26 Å². The van der Waals surface area contributed by atoms with Crippen LogP contribution < -0.4 is 0 Å². The molecule has 1 unspecified atom stereocenters. The van der Waals surface area contributed by atoms with Gasteiger partial charge in [0.05, 0.1) is 17.3 Å². The number of fused-ring (bicyclic) bond motifs is 4. The molecule has 0 radical (unpaired) electrons. The Bertz CT molecular complexity index is 2830. The molecule has 0 N–H and O–H groups in total. The van der Waals surface area contributed by atoms with Gasteiger partial charge in [0.15, 0.2) is 0 Å². The maximum Gasteiger partial charge on any atom is 0.135 e. The Hall–Kier alpha value is -6.24. The SMILES string of the molecule is CC1Cc2cc(-c3ccc(-c4ccc5oc6ccc(C#N)cc6c5c4)cn3)cc3ccc4cc(-c5cccc6ccccc56)cc1c4c23. The van der Waals surface area contributed by atoms with Gasteiger partial charge in [0.1, 0.15) is 11.2 Å². The molecule has 9 aromatic rings. The van der Waals surface area contributed by atoms with E-state index in [1.807, 2.05) is 24.4 Å². The minimum Gasteiger partial charge on any atom is -0.456 e. The van der Waals surface area contributed by atoms with Gasteiger partial charge in [-0.05, 0) is 127 Å². The lowest BCUT2D eigenvalue weighted by Gasteiger charge is -2.26. The number of hydrogen-bond donors (Lipinski definition) is 0. The summed E-state index contributed by atoms with van der Waals surface area (Å²) in [5.41, 5.74) is 11.9. The summed E-state index contributed by atoms with van der Waals surface area (Å²) in [5.74, 6) is 0.407. The van der Waals surface area contributed by atoms with Crippen LogP contribution in [0.1, 0.15) is 29.5 Å². The zero-order chi connectivity index (χ0) is 31.9. The van der Waals surface area contributed by atoms with E-state index in [4.69, 9.17) is 9.40 Å². The van der Waals surface area contributed by atoms with E-state index in [0.717, 1.165) is 50.7 Å². The normalized spacial score (nSPS) is 14.0. The van der Waals surface area contributed by atoms with Crippen LogP contribution in [0.25, 0.3) is 87.8 Å². The summed E-state index contributed by atoms with van der Waals surface area (Å²) in [4.78, 5) is 4.97. The third-order valence-electron chi connectivity index (χ3n) is 10.3. The molecule has 0 saturated carbocycles. The molecule has 7 aromatic carbocycles. The molecule has 0 fully saturated rings. The average molecular weight is 613 g/mol. The molecule has 1 aliphatic carbocycles. The van der Waals surface area contributed by atoms with Crippen LogP contribution in [0.3, 0.4) is 0 Å². The number of hydrogen-bond acceptors (Lipinski definition) is 3. The summed E-state index contributed by atoms with van der Waals surface area (Å²) in [7, 11) is 0. The summed E-state index contributed by atoms with van der Waals surface area (Å²) in [5, 5.41) is 19.3. The van der Waals surface area contributed by atoms with Gasteiger partial charge < -0.3 is 4.42 Å². The molecule has 0 aliphatic heterocycles. The summed E-state index contributed by atoms with van der Waals surface area (Å²) in [6.07, 6.45) is 2.96. The summed E-state index contributed by atoms with van der Waals surface area (Å²) in [6.45, 7) is 2.37. The zero-order valence-corrected chi connectivity index (χ0v) is 26.3. The van der Waals surface area contributed by atoms with Crippen molar-refractivity contribution >= 4 is 54.3 Å². The van der Waals surface area contributed by atoms with E-state index < -0.39 is 0 Å². The van der Waals surface area contributed by atoms with Crippen LogP contribution in [0.4, 0.5) is 0 Å². The van der Waals surface area contributed by atoms with E-state index in [2.05, 4.69) is 116 Å². The largest absolute Gasteiger partial charge is 0.456 e. The van der Waals surface area contributed by atoms with E-state index in [-0.39, 0.29) is 0 Å². The fourth-order valence-corrected chi connectivity index (χ4v) is 7.98. The summed E-state index contributed by atoms with van der Waals surface area (Å²) >= 11 is 0. The predicted octanol–water partition coefficient (Wildman–Crippen LogP) is 12.0. The Morgan fingerprint density at radius 1 is 0.625 bits per heavy atom. The Labute approximate surface area is 277 Å². The molecule has 10 rings (SSSR count). The topological polar surface area (TPSA) is 49.8 Å². The quantitative estimate of drug-likeness (QED) is 0.187. The first-order valence-corrected chi connectivity index (χ1v) is 16.5. The van der Waals surface area contributed by atoms with E-state index in [0.29, 0.717) is 11.5 Å². The number of benzene rings is 7. The lowest BCUT2D eigenvalue weighted by atomic mass is 9.78. The van der Waals surface area contributed by atoms with Crippen molar-refractivity contribution in [3.05, 3.63) is 150 Å². The number of pyridine rings is 1. The van der Waals surface area contributed by atoms with Crippen LogP contribution in [0, 0.1) is 11.3 Å². The van der Waals surface area contributed by atoms with E-state index in [1.54, 1.807) is 6.07 Å². The molecule has 0 amide bonds. The average Bonchev–Trinajstić information content (AvgIpc) is 3.51. The monoisotopic (exact) mass is 612 g/mol. The number of nitrogens with zero attached hydrogens (tertiary/aromatic N) is 2. The van der Waals surface area contributed by atoms with Gasteiger partial charge in [-0.25, -0.2) is 0 Å². The van der Waals surface area contributed by atoms with Gasteiger partial charge in [-0.15, -0.1) is 0 Å². The van der Waals surface area contributed by atoms with E-state index in [9.17, 15) is 5.26 Å². The molecular weight excluding hydrogens is 585 g/mol. The minimum absolute atomic E-state index is 0.407. The summed E-state index contributed by atoms with van der Waals surface area (Å²) in [6, 6.07) is 47.6. The molecule has 224 valence electrons. The van der Waals surface area contributed by atoms with Crippen LogP contribution in [0.15, 0.2) is 138 Å². The first-order valence-electron chi connectivity index (χ1n) is 16.5. The molecule has 0 spiro atoms. The highest BCUT2D eigenvalue weighted by molar-refractivity contribution is 6.14. The molecule has 2 heterocycles. The first-order chi connectivity index (χ1) is 23.6. The fraction of sp³-hybridized carbons (Fsp3) is 0.0667. The molecule has 0 saturated heterocycles. The molecule has 1 aliphatic rings. The second kappa shape index (κ2) is 10.1. The number of aromatic nitrogens is 1. The maximum absolute atomic E-state index is 9.40. The lowest BCUT2D eigenvalue weighted by Crippen LogP contribution is -2.07. The molecule has 2 aromatic heterocycles. The molecule has 3 nitrogen and oxygen atoms in total. The van der Waals surface area contributed by atoms with Gasteiger partial charge >= 0.3 is 0 Å². The fourth-order valence-electron chi connectivity index (χ4n) is 7.98. The first kappa shape index (κ1) is 26.9. The Morgan fingerprint density at radius 3 is 2.25 bits per heavy atom. The van der Waals surface area contributed by atoms with Gasteiger partial charge in [-0.1, -0.05) is 79.7 Å². The smallest absolute Gasteiger partial charge is 0.135 e. The lowest BCUT2D eigenvalue weighted by molar-refractivity contribution is 0.669. The van der Waals surface area contributed by atoms with Crippen LogP contribution >= 0.6 is 0 Å². The van der Waals surface area contributed by atoms with E-state index >= 15 is 0 Å². The molecule has 3 heteroatoms. The number of rotatable bonds is 3. The van der Waals surface area contributed by atoms with Crippen molar-refractivity contribution in [3.63, 3.8) is 0 Å². The molecule has 0 bridgehead atoms. The van der Waals surface area contributed by atoms with Crippen molar-refractivity contribution in [3.8, 4) is 39.6 Å². The van der Waals surface area contributed by atoms with E-state index in [1.165, 1.54) is 54.6 Å². The highest BCUT2D eigenvalue weighted by atomic mass is 16.3. The third-order valence-corrected chi connectivity index (χ3v) is 10.3. The number of nitriles is 1. The highest BCUT2D eigenvalue weighted by Gasteiger charge is 2.23. The Kier molecular flexibility index (Phi) is 5.68. The van der Waals surface area contributed by atoms with Gasteiger partial charge in [0.2, 0.25) is 0 Å². The maximum atomic E-state index is 9.40. The van der Waals surface area contributed by atoms with Crippen molar-refractivity contribution < 1.29 is 4.42 Å². The van der Waals surface area contributed by atoms with Crippen LogP contribution in [-0.4, -0.2) is 4.98 Å². The van der Waals surface area contributed by atoms with Crippen LogP contribution in [0.5, 0.6) is 0 Å². The van der Waals surface area contributed by atoms with Gasteiger partial charge in [-0.2, -0.15) is 5.26 Å². The third kappa shape index (κ3) is 4.03. The number of furan rings is 1. The standard InChI is InChI=1S/C45H28N2O/c1-26-17-35-21-34(41-14-12-32(25-47-41)29-13-16-43-40(22-29)39-18-27(24-46)9-15-42(39)48-43)20-30-10-11-31-19-33(23-38(26)45(31)44(30)35)37-8-4-6-28-5-2-3-7-36(28)37/h2-16,18-23,25-26H,17H2,1H3. The predicted molar refractivity (Wildman–Crippen MR) is 197 cm³/mol.